The van der Waals surface area contributed by atoms with Gasteiger partial charge in [0.1, 0.15) is 0 Å². The van der Waals surface area contributed by atoms with Gasteiger partial charge in [-0.05, 0) is 17.7 Å². The molecule has 1 saturated carbocycles. The van der Waals surface area contributed by atoms with E-state index in [-0.39, 0.29) is 6.42 Å². The first-order chi connectivity index (χ1) is 6.54. The molecule has 1 aliphatic carbocycles. The lowest BCUT2D eigenvalue weighted by Crippen LogP contribution is -2.17. The van der Waals surface area contributed by atoms with E-state index in [1.165, 1.54) is 0 Å². The fourth-order valence-electron chi connectivity index (χ4n) is 1.58. The van der Waals surface area contributed by atoms with E-state index in [1.54, 1.807) is 24.3 Å². The normalized spacial score (nSPS) is 30.0. The zero-order valence-electron chi connectivity index (χ0n) is 7.21. The Kier molecular flexibility index (Phi) is 2.00. The Hall–Kier alpha value is -1.09. The van der Waals surface area contributed by atoms with Crippen molar-refractivity contribution in [3.8, 4) is 0 Å². The van der Waals surface area contributed by atoms with Crippen molar-refractivity contribution in [2.24, 2.45) is 0 Å². The lowest BCUT2D eigenvalue weighted by molar-refractivity contribution is -0.144. The number of carboxylic acids is 1. The van der Waals surface area contributed by atoms with Crippen LogP contribution in [0.3, 0.4) is 0 Å². The molecule has 0 spiro atoms. The Morgan fingerprint density at radius 3 is 2.86 bits per heavy atom. The van der Waals surface area contributed by atoms with Gasteiger partial charge in [-0.25, -0.2) is 9.18 Å². The molecule has 1 aliphatic rings. The second kappa shape index (κ2) is 2.95. The molecule has 0 aliphatic heterocycles. The third-order valence-electron chi connectivity index (χ3n) is 2.50. The molecule has 0 bridgehead atoms. The van der Waals surface area contributed by atoms with Gasteiger partial charge in [0.05, 0.1) is 0 Å². The number of hydrogen-bond donors (Lipinski definition) is 1. The quantitative estimate of drug-likeness (QED) is 0.822. The van der Waals surface area contributed by atoms with Crippen molar-refractivity contribution in [1.29, 1.82) is 0 Å². The second-order valence-electron chi connectivity index (χ2n) is 3.48. The van der Waals surface area contributed by atoms with Crippen LogP contribution in [0.4, 0.5) is 4.39 Å². The Morgan fingerprint density at radius 1 is 1.64 bits per heavy atom. The van der Waals surface area contributed by atoms with E-state index in [4.69, 9.17) is 16.7 Å². The molecule has 0 radical (unpaired) electrons. The summed E-state index contributed by atoms with van der Waals surface area (Å²) in [4.78, 5) is 10.5. The van der Waals surface area contributed by atoms with Crippen molar-refractivity contribution < 1.29 is 14.3 Å². The molecule has 1 aromatic carbocycles. The maximum atomic E-state index is 13.5. The summed E-state index contributed by atoms with van der Waals surface area (Å²) in [6, 6.07) is 6.67. The van der Waals surface area contributed by atoms with Crippen molar-refractivity contribution in [3.05, 3.63) is 34.9 Å². The maximum Gasteiger partial charge on any atom is 0.342 e. The number of carboxylic acid groups (broad SMARTS) is 1. The van der Waals surface area contributed by atoms with Crippen LogP contribution in [0.1, 0.15) is 17.9 Å². The molecular formula is C10H8ClFO2. The summed E-state index contributed by atoms with van der Waals surface area (Å²) in [7, 11) is 0. The number of alkyl halides is 1. The predicted molar refractivity (Wildman–Crippen MR) is 50.3 cm³/mol. The summed E-state index contributed by atoms with van der Waals surface area (Å²) >= 11 is 5.72. The summed E-state index contributed by atoms with van der Waals surface area (Å²) in [5, 5.41) is 9.11. The van der Waals surface area contributed by atoms with E-state index < -0.39 is 17.6 Å². The minimum atomic E-state index is -2.08. The van der Waals surface area contributed by atoms with Gasteiger partial charge in [-0.1, -0.05) is 23.7 Å². The maximum absolute atomic E-state index is 13.5. The van der Waals surface area contributed by atoms with Crippen LogP contribution >= 0.6 is 11.6 Å². The van der Waals surface area contributed by atoms with E-state index >= 15 is 0 Å². The number of rotatable bonds is 2. The Balaban J connectivity index is 2.25. The minimum absolute atomic E-state index is 0.0443. The second-order valence-corrected chi connectivity index (χ2v) is 3.92. The highest BCUT2D eigenvalue weighted by molar-refractivity contribution is 6.30. The lowest BCUT2D eigenvalue weighted by atomic mass is 10.1. The largest absolute Gasteiger partial charge is 0.479 e. The summed E-state index contributed by atoms with van der Waals surface area (Å²) in [5.41, 5.74) is -1.42. The van der Waals surface area contributed by atoms with Crippen molar-refractivity contribution in [3.63, 3.8) is 0 Å². The Labute approximate surface area is 85.3 Å². The topological polar surface area (TPSA) is 37.3 Å². The van der Waals surface area contributed by atoms with Crippen LogP contribution in [0.2, 0.25) is 5.02 Å². The van der Waals surface area contributed by atoms with Crippen LogP contribution in [0.5, 0.6) is 0 Å². The number of carbonyl (C=O) groups is 1. The first kappa shape index (κ1) is 9.46. The number of benzene rings is 1. The highest BCUT2D eigenvalue weighted by atomic mass is 35.5. The van der Waals surface area contributed by atoms with Gasteiger partial charge in [-0.3, -0.25) is 0 Å². The standard InChI is InChI=1S/C10H8ClFO2/c11-7-3-1-2-6(4-7)8-5-10(8,12)9(13)14/h1-4,8H,5H2,(H,13,14)/t8-,10-/m1/s1. The summed E-state index contributed by atoms with van der Waals surface area (Å²) < 4.78 is 13.5. The molecule has 0 amide bonds. The van der Waals surface area contributed by atoms with Crippen LogP contribution in [-0.2, 0) is 4.79 Å². The van der Waals surface area contributed by atoms with Gasteiger partial charge in [0.25, 0.3) is 0 Å². The molecule has 14 heavy (non-hydrogen) atoms. The van der Waals surface area contributed by atoms with Gasteiger partial charge in [0.2, 0.25) is 5.67 Å². The molecule has 74 valence electrons. The number of hydrogen-bond acceptors (Lipinski definition) is 1. The van der Waals surface area contributed by atoms with E-state index in [1.807, 2.05) is 0 Å². The third-order valence-corrected chi connectivity index (χ3v) is 2.74. The summed E-state index contributed by atoms with van der Waals surface area (Å²) in [6.45, 7) is 0. The van der Waals surface area contributed by atoms with Crippen molar-refractivity contribution in [2.45, 2.75) is 18.0 Å². The van der Waals surface area contributed by atoms with Crippen molar-refractivity contribution >= 4 is 17.6 Å². The SMILES string of the molecule is O=C(O)[C@@]1(F)C[C@@H]1c1cccc(Cl)c1. The van der Waals surface area contributed by atoms with Crippen LogP contribution in [0, 0.1) is 0 Å². The monoisotopic (exact) mass is 214 g/mol. The zero-order chi connectivity index (χ0) is 10.3. The predicted octanol–water partition coefficient (Wildman–Crippen LogP) is 2.62. The zero-order valence-corrected chi connectivity index (χ0v) is 7.96. The van der Waals surface area contributed by atoms with E-state index in [9.17, 15) is 9.18 Å². The highest BCUT2D eigenvalue weighted by Crippen LogP contribution is 2.54. The molecule has 2 rings (SSSR count). The molecule has 2 nitrogen and oxygen atoms in total. The van der Waals surface area contributed by atoms with E-state index in [0.29, 0.717) is 10.6 Å². The molecule has 0 heterocycles. The van der Waals surface area contributed by atoms with Crippen molar-refractivity contribution in [2.75, 3.05) is 0 Å². The Bertz CT molecular complexity index is 393. The number of aliphatic carboxylic acids is 1. The van der Waals surface area contributed by atoms with Crippen LogP contribution < -0.4 is 0 Å². The van der Waals surface area contributed by atoms with Crippen LogP contribution in [0.25, 0.3) is 0 Å². The van der Waals surface area contributed by atoms with Gasteiger partial charge in [0, 0.05) is 17.4 Å². The molecule has 0 aromatic heterocycles. The molecule has 0 saturated heterocycles. The molecule has 1 fully saturated rings. The highest BCUT2D eigenvalue weighted by Gasteiger charge is 2.62. The van der Waals surface area contributed by atoms with Gasteiger partial charge in [-0.2, -0.15) is 0 Å². The first-order valence-corrected chi connectivity index (χ1v) is 4.59. The average molecular weight is 215 g/mol. The van der Waals surface area contributed by atoms with Crippen LogP contribution in [0.15, 0.2) is 24.3 Å². The minimum Gasteiger partial charge on any atom is -0.479 e. The molecule has 4 heteroatoms. The average Bonchev–Trinajstić information content (AvgIpc) is 2.80. The summed E-state index contributed by atoms with van der Waals surface area (Å²) in [6.07, 6.45) is 0.0443. The fourth-order valence-corrected chi connectivity index (χ4v) is 1.78. The third kappa shape index (κ3) is 1.38. The van der Waals surface area contributed by atoms with E-state index in [2.05, 4.69) is 0 Å². The smallest absolute Gasteiger partial charge is 0.342 e. The summed E-state index contributed by atoms with van der Waals surface area (Å²) in [5.74, 6) is -1.93. The fraction of sp³-hybridized carbons (Fsp3) is 0.300. The van der Waals surface area contributed by atoms with Gasteiger partial charge in [-0.15, -0.1) is 0 Å². The van der Waals surface area contributed by atoms with Crippen LogP contribution in [-0.4, -0.2) is 16.7 Å². The number of halogens is 2. The molecule has 0 unspecified atom stereocenters. The van der Waals surface area contributed by atoms with Gasteiger partial charge >= 0.3 is 5.97 Å². The molecular weight excluding hydrogens is 207 g/mol. The molecule has 2 atom stereocenters. The first-order valence-electron chi connectivity index (χ1n) is 4.22. The van der Waals surface area contributed by atoms with Crippen molar-refractivity contribution in [1.82, 2.24) is 0 Å². The lowest BCUT2D eigenvalue weighted by Gasteiger charge is -2.02. The van der Waals surface area contributed by atoms with Gasteiger partial charge < -0.3 is 5.11 Å². The Morgan fingerprint density at radius 2 is 2.36 bits per heavy atom. The van der Waals surface area contributed by atoms with E-state index in [0.717, 1.165) is 0 Å². The van der Waals surface area contributed by atoms with Gasteiger partial charge in [0.15, 0.2) is 0 Å². The molecule has 1 aromatic rings. The molecule has 1 N–H and O–H groups in total.